The van der Waals surface area contributed by atoms with Gasteiger partial charge in [0.15, 0.2) is 0 Å². The number of halogens is 2. The zero-order valence-corrected chi connectivity index (χ0v) is 13.1. The van der Waals surface area contributed by atoms with Crippen LogP contribution in [0.1, 0.15) is 30.2 Å². The van der Waals surface area contributed by atoms with Gasteiger partial charge in [0.2, 0.25) is 5.91 Å². The van der Waals surface area contributed by atoms with E-state index >= 15 is 0 Å². The number of benzene rings is 1. The van der Waals surface area contributed by atoms with E-state index in [-0.39, 0.29) is 17.0 Å². The normalized spacial score (nSPS) is 18.6. The molecule has 1 aromatic rings. The molecule has 1 aliphatic heterocycles. The summed E-state index contributed by atoms with van der Waals surface area (Å²) in [5.74, 6) is -0.192. The molecule has 2 atom stereocenters. The molecule has 5 heteroatoms. The van der Waals surface area contributed by atoms with Gasteiger partial charge in [0, 0.05) is 13.1 Å². The predicted molar refractivity (Wildman–Crippen MR) is 82.7 cm³/mol. The second-order valence-corrected chi connectivity index (χ2v) is 6.45. The summed E-state index contributed by atoms with van der Waals surface area (Å²) >= 11 is 7.91. The van der Waals surface area contributed by atoms with E-state index in [9.17, 15) is 9.18 Å². The van der Waals surface area contributed by atoms with Crippen molar-refractivity contribution in [1.29, 1.82) is 0 Å². The predicted octanol–water partition coefficient (Wildman–Crippen LogP) is 3.85. The number of carbonyl (C=O) groups is 1. The van der Waals surface area contributed by atoms with Crippen LogP contribution in [0.5, 0.6) is 0 Å². The average Bonchev–Trinajstić information content (AvgIpc) is 2.49. The van der Waals surface area contributed by atoms with Gasteiger partial charge in [-0.05, 0) is 43.2 Å². The maximum Gasteiger partial charge on any atom is 0.237 e. The molecule has 2 nitrogen and oxygen atoms in total. The molecule has 1 fully saturated rings. The van der Waals surface area contributed by atoms with E-state index in [2.05, 4.69) is 0 Å². The fraction of sp³-hybridized carbons (Fsp3) is 0.533. The molecule has 0 aliphatic carbocycles. The summed E-state index contributed by atoms with van der Waals surface area (Å²) < 4.78 is 13.0. The molecule has 0 bridgehead atoms. The minimum absolute atomic E-state index is 0.0986. The first kappa shape index (κ1) is 15.6. The van der Waals surface area contributed by atoms with Crippen LogP contribution in [0.4, 0.5) is 4.39 Å². The van der Waals surface area contributed by atoms with Gasteiger partial charge >= 0.3 is 0 Å². The average molecular weight is 316 g/mol. The number of piperidine rings is 1. The summed E-state index contributed by atoms with van der Waals surface area (Å²) in [7, 11) is 0. The minimum Gasteiger partial charge on any atom is -0.342 e. The smallest absolute Gasteiger partial charge is 0.237 e. The standard InChI is InChI=1S/C15H19ClFNOS/c1-20-14(15(19)18-9-3-2-4-10-18)13(16)11-5-7-12(17)8-6-11/h5-8,13-14H,2-4,9-10H2,1H3/t13-,14+/m1/s1. The maximum absolute atomic E-state index is 13.0. The maximum atomic E-state index is 13.0. The Morgan fingerprint density at radius 2 is 1.85 bits per heavy atom. The van der Waals surface area contributed by atoms with Crippen LogP contribution in [-0.2, 0) is 4.79 Å². The SMILES string of the molecule is CS[C@H](C(=O)N1CCCCC1)[C@H](Cl)c1ccc(F)cc1. The lowest BCUT2D eigenvalue weighted by Gasteiger charge is -2.31. The molecule has 0 saturated carbocycles. The van der Waals surface area contributed by atoms with Crippen molar-refractivity contribution in [2.75, 3.05) is 19.3 Å². The van der Waals surface area contributed by atoms with E-state index < -0.39 is 5.38 Å². The van der Waals surface area contributed by atoms with Gasteiger partial charge in [0.05, 0.1) is 5.38 Å². The molecule has 0 spiro atoms. The molecule has 1 saturated heterocycles. The van der Waals surface area contributed by atoms with Crippen molar-refractivity contribution in [3.8, 4) is 0 Å². The van der Waals surface area contributed by atoms with Gasteiger partial charge in [-0.3, -0.25) is 4.79 Å². The van der Waals surface area contributed by atoms with E-state index in [1.165, 1.54) is 30.3 Å². The summed E-state index contributed by atoms with van der Waals surface area (Å²) in [6.45, 7) is 1.64. The highest BCUT2D eigenvalue weighted by molar-refractivity contribution is 8.00. The lowest BCUT2D eigenvalue weighted by molar-refractivity contribution is -0.131. The van der Waals surface area contributed by atoms with E-state index in [1.54, 1.807) is 12.1 Å². The fourth-order valence-corrected chi connectivity index (χ4v) is 3.77. The Hall–Kier alpha value is -0.740. The molecule has 0 aromatic heterocycles. The zero-order chi connectivity index (χ0) is 14.5. The Kier molecular flexibility index (Phi) is 5.73. The number of nitrogens with zero attached hydrogens (tertiary/aromatic N) is 1. The van der Waals surface area contributed by atoms with Gasteiger partial charge in [-0.15, -0.1) is 11.6 Å². The number of hydrogen-bond donors (Lipinski definition) is 0. The first-order valence-corrected chi connectivity index (χ1v) is 8.57. The highest BCUT2D eigenvalue weighted by atomic mass is 35.5. The van der Waals surface area contributed by atoms with Crippen LogP contribution in [-0.4, -0.2) is 35.4 Å². The van der Waals surface area contributed by atoms with Crippen molar-refractivity contribution in [2.45, 2.75) is 29.9 Å². The molecule has 1 amide bonds. The van der Waals surface area contributed by atoms with Gasteiger partial charge < -0.3 is 4.90 Å². The topological polar surface area (TPSA) is 20.3 Å². The molecule has 0 unspecified atom stereocenters. The molecule has 1 aromatic carbocycles. The first-order valence-electron chi connectivity index (χ1n) is 6.84. The summed E-state index contributed by atoms with van der Waals surface area (Å²) in [5, 5.41) is -0.750. The molecular weight excluding hydrogens is 297 g/mol. The molecular formula is C15H19ClFNOS. The van der Waals surface area contributed by atoms with E-state index in [4.69, 9.17) is 11.6 Å². The van der Waals surface area contributed by atoms with Crippen LogP contribution in [0, 0.1) is 5.82 Å². The molecule has 110 valence electrons. The molecule has 20 heavy (non-hydrogen) atoms. The Labute approximate surface area is 128 Å². The van der Waals surface area contributed by atoms with Gasteiger partial charge in [-0.25, -0.2) is 4.39 Å². The van der Waals surface area contributed by atoms with Crippen molar-refractivity contribution in [3.63, 3.8) is 0 Å². The number of thioether (sulfide) groups is 1. The number of hydrogen-bond acceptors (Lipinski definition) is 2. The van der Waals surface area contributed by atoms with Crippen molar-refractivity contribution in [2.24, 2.45) is 0 Å². The van der Waals surface area contributed by atoms with Crippen molar-refractivity contribution >= 4 is 29.3 Å². The molecule has 0 radical (unpaired) electrons. The number of rotatable bonds is 4. The van der Waals surface area contributed by atoms with Gasteiger partial charge in [-0.1, -0.05) is 12.1 Å². The number of amides is 1. The van der Waals surface area contributed by atoms with E-state index in [0.29, 0.717) is 0 Å². The summed E-state index contributed by atoms with van der Waals surface area (Å²) in [4.78, 5) is 14.5. The molecule has 1 heterocycles. The Bertz CT molecular complexity index is 448. The lowest BCUT2D eigenvalue weighted by atomic mass is 10.1. The molecule has 1 aliphatic rings. The third-order valence-electron chi connectivity index (χ3n) is 3.62. The van der Waals surface area contributed by atoms with Gasteiger partial charge in [0.1, 0.15) is 11.1 Å². The lowest BCUT2D eigenvalue weighted by Crippen LogP contribution is -2.42. The van der Waals surface area contributed by atoms with Gasteiger partial charge in [0.25, 0.3) is 0 Å². The second-order valence-electron chi connectivity index (χ2n) is 5.00. The number of likely N-dealkylation sites (tertiary alicyclic amines) is 1. The van der Waals surface area contributed by atoms with Crippen LogP contribution in [0.2, 0.25) is 0 Å². The number of alkyl halides is 1. The molecule has 2 rings (SSSR count). The second kappa shape index (κ2) is 7.32. The van der Waals surface area contributed by atoms with Crippen LogP contribution >= 0.6 is 23.4 Å². The number of carbonyl (C=O) groups excluding carboxylic acids is 1. The molecule has 0 N–H and O–H groups in total. The summed E-state index contributed by atoms with van der Waals surface area (Å²) in [5.41, 5.74) is 0.790. The van der Waals surface area contributed by atoms with Crippen LogP contribution in [0.25, 0.3) is 0 Å². The first-order chi connectivity index (χ1) is 9.63. The summed E-state index contributed by atoms with van der Waals surface area (Å²) in [6, 6.07) is 6.07. The van der Waals surface area contributed by atoms with Crippen LogP contribution in [0.15, 0.2) is 24.3 Å². The Balaban J connectivity index is 2.09. The van der Waals surface area contributed by atoms with Crippen LogP contribution in [0.3, 0.4) is 0 Å². The van der Waals surface area contributed by atoms with Crippen LogP contribution < -0.4 is 0 Å². The highest BCUT2D eigenvalue weighted by Crippen LogP contribution is 2.33. The quantitative estimate of drug-likeness (QED) is 0.787. The van der Waals surface area contributed by atoms with E-state index in [0.717, 1.165) is 31.5 Å². The summed E-state index contributed by atoms with van der Waals surface area (Å²) in [6.07, 6.45) is 5.22. The zero-order valence-electron chi connectivity index (χ0n) is 11.5. The van der Waals surface area contributed by atoms with Gasteiger partial charge in [-0.2, -0.15) is 11.8 Å². The van der Waals surface area contributed by atoms with Crippen molar-refractivity contribution in [3.05, 3.63) is 35.6 Å². The minimum atomic E-state index is -0.431. The van der Waals surface area contributed by atoms with E-state index in [1.807, 2.05) is 11.2 Å². The largest absolute Gasteiger partial charge is 0.342 e. The third-order valence-corrected chi connectivity index (χ3v) is 5.25. The Morgan fingerprint density at radius 1 is 1.25 bits per heavy atom. The third kappa shape index (κ3) is 3.67. The van der Waals surface area contributed by atoms with Crippen molar-refractivity contribution in [1.82, 2.24) is 4.90 Å². The fourth-order valence-electron chi connectivity index (χ4n) is 2.46. The monoisotopic (exact) mass is 315 g/mol. The highest BCUT2D eigenvalue weighted by Gasteiger charge is 2.31. The Morgan fingerprint density at radius 3 is 2.40 bits per heavy atom. The van der Waals surface area contributed by atoms with Crippen molar-refractivity contribution < 1.29 is 9.18 Å².